The molecule has 0 N–H and O–H groups in total. The Morgan fingerprint density at radius 3 is 2.47 bits per heavy atom. The van der Waals surface area contributed by atoms with Gasteiger partial charge in [-0.15, -0.1) is 0 Å². The van der Waals surface area contributed by atoms with Crippen molar-refractivity contribution in [3.05, 3.63) is 0 Å². The maximum atomic E-state index is 12.4. The Labute approximate surface area is 124 Å². The van der Waals surface area contributed by atoms with E-state index < -0.39 is 0 Å². The minimum Gasteiger partial charge on any atom is -0.340 e. The van der Waals surface area contributed by atoms with Crippen LogP contribution in [-0.4, -0.2) is 53.8 Å². The van der Waals surface area contributed by atoms with Gasteiger partial charge in [0.05, 0.1) is 0 Å². The second-order valence-corrected chi connectivity index (χ2v) is 7.34. The van der Waals surface area contributed by atoms with E-state index in [0.29, 0.717) is 11.8 Å². The zero-order valence-corrected chi connectivity index (χ0v) is 13.3. The number of piperazine rings is 1. The number of hydrogen-bond acceptors (Lipinski definition) is 2. The predicted molar refractivity (Wildman–Crippen MR) is 80.4 cm³/mol. The largest absolute Gasteiger partial charge is 0.340 e. The van der Waals surface area contributed by atoms with Crippen molar-refractivity contribution < 1.29 is 4.79 Å². The van der Waals surface area contributed by atoms with Gasteiger partial charge in [0, 0.05) is 44.5 Å². The van der Waals surface area contributed by atoms with E-state index >= 15 is 0 Å². The van der Waals surface area contributed by atoms with Crippen LogP contribution < -0.4 is 0 Å². The third-order valence-electron chi connectivity index (χ3n) is 5.45. The van der Waals surface area contributed by atoms with Gasteiger partial charge in [-0.3, -0.25) is 9.69 Å². The van der Waals surface area contributed by atoms with E-state index in [2.05, 4.69) is 25.7 Å². The van der Waals surface area contributed by atoms with Crippen molar-refractivity contribution in [2.24, 2.45) is 17.8 Å². The molecule has 3 nitrogen and oxygen atoms in total. The highest BCUT2D eigenvalue weighted by Crippen LogP contribution is 2.49. The van der Waals surface area contributed by atoms with Crippen LogP contribution >= 0.6 is 15.9 Å². The quantitative estimate of drug-likeness (QED) is 0.739. The zero-order valence-electron chi connectivity index (χ0n) is 11.7. The Hall–Kier alpha value is -0.0900. The van der Waals surface area contributed by atoms with E-state index in [1.807, 2.05) is 0 Å². The molecule has 3 atom stereocenters. The number of hydrogen-bond donors (Lipinski definition) is 0. The molecular formula is C15H25BrN2O. The number of rotatable bonds is 4. The van der Waals surface area contributed by atoms with Gasteiger partial charge in [-0.05, 0) is 37.0 Å². The second kappa shape index (κ2) is 6.13. The molecule has 2 bridgehead atoms. The summed E-state index contributed by atoms with van der Waals surface area (Å²) in [7, 11) is 0. The SMILES string of the molecule is O=C(CC1CC2CCC1C2)N1CCN(CCBr)CC1. The molecule has 0 aromatic heterocycles. The fraction of sp³-hybridized carbons (Fsp3) is 0.933. The Kier molecular flexibility index (Phi) is 4.47. The summed E-state index contributed by atoms with van der Waals surface area (Å²) in [5.74, 6) is 2.98. The molecule has 2 aliphatic carbocycles. The van der Waals surface area contributed by atoms with Gasteiger partial charge in [0.15, 0.2) is 0 Å². The number of nitrogens with zero attached hydrogens (tertiary/aromatic N) is 2. The van der Waals surface area contributed by atoms with Crippen LogP contribution in [0.3, 0.4) is 0 Å². The number of carbonyl (C=O) groups is 1. The van der Waals surface area contributed by atoms with Crippen molar-refractivity contribution in [3.8, 4) is 0 Å². The molecule has 19 heavy (non-hydrogen) atoms. The van der Waals surface area contributed by atoms with E-state index in [9.17, 15) is 4.79 Å². The van der Waals surface area contributed by atoms with Crippen LogP contribution in [0, 0.1) is 17.8 Å². The normalized spacial score (nSPS) is 35.0. The van der Waals surface area contributed by atoms with E-state index in [1.54, 1.807) is 0 Å². The molecule has 1 heterocycles. The Balaban J connectivity index is 1.44. The smallest absolute Gasteiger partial charge is 0.222 e. The van der Waals surface area contributed by atoms with Gasteiger partial charge in [-0.1, -0.05) is 22.4 Å². The number of amides is 1. The summed E-state index contributed by atoms with van der Waals surface area (Å²) in [6, 6.07) is 0. The molecule has 1 saturated heterocycles. The van der Waals surface area contributed by atoms with E-state index in [0.717, 1.165) is 56.3 Å². The van der Waals surface area contributed by atoms with Gasteiger partial charge in [0.2, 0.25) is 5.91 Å². The molecule has 0 radical (unpaired) electrons. The lowest BCUT2D eigenvalue weighted by Crippen LogP contribution is -2.49. The second-order valence-electron chi connectivity index (χ2n) is 6.55. The lowest BCUT2D eigenvalue weighted by atomic mass is 9.86. The monoisotopic (exact) mass is 328 g/mol. The summed E-state index contributed by atoms with van der Waals surface area (Å²) in [4.78, 5) is 16.9. The van der Waals surface area contributed by atoms with Gasteiger partial charge in [0.1, 0.15) is 0 Å². The van der Waals surface area contributed by atoms with Crippen molar-refractivity contribution >= 4 is 21.8 Å². The average molecular weight is 329 g/mol. The molecule has 1 amide bonds. The van der Waals surface area contributed by atoms with Crippen molar-refractivity contribution in [3.63, 3.8) is 0 Å². The van der Waals surface area contributed by atoms with Gasteiger partial charge in [-0.25, -0.2) is 0 Å². The lowest BCUT2D eigenvalue weighted by Gasteiger charge is -2.35. The van der Waals surface area contributed by atoms with Crippen LogP contribution in [0.15, 0.2) is 0 Å². The summed E-state index contributed by atoms with van der Waals surface area (Å²) < 4.78 is 0. The highest BCUT2D eigenvalue weighted by Gasteiger charge is 2.40. The summed E-state index contributed by atoms with van der Waals surface area (Å²) in [5, 5.41) is 1.03. The summed E-state index contributed by atoms with van der Waals surface area (Å²) in [6.07, 6.45) is 6.40. The standard InChI is InChI=1S/C15H25BrN2O/c16-3-4-17-5-7-18(8-6-17)15(19)11-14-10-12-1-2-13(14)9-12/h12-14H,1-11H2. The van der Waals surface area contributed by atoms with Crippen LogP contribution in [0.25, 0.3) is 0 Å². The van der Waals surface area contributed by atoms with Gasteiger partial charge in [0.25, 0.3) is 0 Å². The Morgan fingerprint density at radius 2 is 1.89 bits per heavy atom. The van der Waals surface area contributed by atoms with Crippen molar-refractivity contribution in [1.29, 1.82) is 0 Å². The third-order valence-corrected chi connectivity index (χ3v) is 5.80. The van der Waals surface area contributed by atoms with Crippen LogP contribution in [0.1, 0.15) is 32.1 Å². The number of carbonyl (C=O) groups excluding carboxylic acids is 1. The Bertz CT molecular complexity index is 328. The number of halogens is 1. The summed E-state index contributed by atoms with van der Waals surface area (Å²) >= 11 is 3.48. The van der Waals surface area contributed by atoms with Gasteiger partial charge < -0.3 is 4.90 Å². The predicted octanol–water partition coefficient (Wildman–Crippen LogP) is 2.35. The van der Waals surface area contributed by atoms with Crippen molar-refractivity contribution in [2.45, 2.75) is 32.1 Å². The minimum atomic E-state index is 0.427. The first-order chi connectivity index (χ1) is 9.26. The molecular weight excluding hydrogens is 304 g/mol. The number of alkyl halides is 1. The fourth-order valence-corrected chi connectivity index (χ4v) is 4.82. The molecule has 0 spiro atoms. The lowest BCUT2D eigenvalue weighted by molar-refractivity contribution is -0.134. The topological polar surface area (TPSA) is 23.6 Å². The summed E-state index contributed by atoms with van der Waals surface area (Å²) in [5.41, 5.74) is 0. The first-order valence-electron chi connectivity index (χ1n) is 7.82. The zero-order chi connectivity index (χ0) is 13.2. The summed E-state index contributed by atoms with van der Waals surface area (Å²) in [6.45, 7) is 5.08. The molecule has 4 heteroatoms. The molecule has 108 valence electrons. The van der Waals surface area contributed by atoms with E-state index in [4.69, 9.17) is 0 Å². The first-order valence-corrected chi connectivity index (χ1v) is 8.94. The maximum absolute atomic E-state index is 12.4. The fourth-order valence-electron chi connectivity index (χ4n) is 4.32. The highest BCUT2D eigenvalue weighted by atomic mass is 79.9. The Morgan fingerprint density at radius 1 is 1.11 bits per heavy atom. The van der Waals surface area contributed by atoms with Crippen LogP contribution in [0.5, 0.6) is 0 Å². The minimum absolute atomic E-state index is 0.427. The molecule has 3 unspecified atom stereocenters. The van der Waals surface area contributed by atoms with Crippen molar-refractivity contribution in [1.82, 2.24) is 9.80 Å². The van der Waals surface area contributed by atoms with Gasteiger partial charge in [-0.2, -0.15) is 0 Å². The highest BCUT2D eigenvalue weighted by molar-refractivity contribution is 9.09. The first kappa shape index (κ1) is 13.9. The van der Waals surface area contributed by atoms with Crippen molar-refractivity contribution in [2.75, 3.05) is 38.1 Å². The molecule has 2 saturated carbocycles. The molecule has 3 rings (SSSR count). The molecule has 0 aromatic carbocycles. The molecule has 1 aliphatic heterocycles. The average Bonchev–Trinajstić information content (AvgIpc) is 3.02. The van der Waals surface area contributed by atoms with E-state index in [-0.39, 0.29) is 0 Å². The van der Waals surface area contributed by atoms with Crippen LogP contribution in [0.2, 0.25) is 0 Å². The molecule has 0 aromatic rings. The molecule has 3 aliphatic rings. The van der Waals surface area contributed by atoms with E-state index in [1.165, 1.54) is 25.7 Å². The van der Waals surface area contributed by atoms with Crippen LogP contribution in [0.4, 0.5) is 0 Å². The third kappa shape index (κ3) is 3.15. The van der Waals surface area contributed by atoms with Crippen LogP contribution in [-0.2, 0) is 4.79 Å². The molecule has 3 fully saturated rings. The number of fused-ring (bicyclic) bond motifs is 2. The maximum Gasteiger partial charge on any atom is 0.222 e. The van der Waals surface area contributed by atoms with Gasteiger partial charge >= 0.3 is 0 Å².